The fraction of sp³-hybridized carbons (Fsp3) is 0.700. The van der Waals surface area contributed by atoms with Crippen molar-refractivity contribution in [1.29, 1.82) is 0 Å². The molecule has 1 heterocycles. The zero-order valence-corrected chi connectivity index (χ0v) is 8.29. The Labute approximate surface area is 79.0 Å². The topological polar surface area (TPSA) is 40.5 Å². The third-order valence-corrected chi connectivity index (χ3v) is 2.30. The monoisotopic (exact) mass is 183 g/mol. The van der Waals surface area contributed by atoms with E-state index in [-0.39, 0.29) is 5.91 Å². The summed E-state index contributed by atoms with van der Waals surface area (Å²) in [4.78, 5) is 13.1. The molecule has 74 valence electrons. The van der Waals surface area contributed by atoms with Gasteiger partial charge in [-0.25, -0.2) is 0 Å². The lowest BCUT2D eigenvalue weighted by Gasteiger charge is -2.36. The number of carbonyl (C=O) groups excluding carboxylic acids is 1. The van der Waals surface area contributed by atoms with Crippen molar-refractivity contribution < 1.29 is 9.90 Å². The summed E-state index contributed by atoms with van der Waals surface area (Å²) >= 11 is 0. The van der Waals surface area contributed by atoms with Crippen LogP contribution in [0.15, 0.2) is 12.2 Å². The maximum atomic E-state index is 11.4. The van der Waals surface area contributed by atoms with E-state index in [1.54, 1.807) is 24.0 Å². The van der Waals surface area contributed by atoms with Gasteiger partial charge in [-0.1, -0.05) is 6.08 Å². The molecular formula is C10H17NO2. The number of likely N-dealkylation sites (tertiary alicyclic amines) is 1. The van der Waals surface area contributed by atoms with E-state index in [2.05, 4.69) is 0 Å². The van der Waals surface area contributed by atoms with Crippen molar-refractivity contribution in [3.63, 3.8) is 0 Å². The maximum absolute atomic E-state index is 11.4. The van der Waals surface area contributed by atoms with Crippen molar-refractivity contribution in [3.05, 3.63) is 12.2 Å². The van der Waals surface area contributed by atoms with E-state index in [1.807, 2.05) is 6.92 Å². The highest BCUT2D eigenvalue weighted by molar-refractivity contribution is 5.87. The normalized spacial score (nSPS) is 29.6. The summed E-state index contributed by atoms with van der Waals surface area (Å²) in [6.07, 6.45) is 4.94. The zero-order chi connectivity index (χ0) is 9.90. The van der Waals surface area contributed by atoms with Crippen LogP contribution in [0.2, 0.25) is 0 Å². The van der Waals surface area contributed by atoms with Crippen molar-refractivity contribution in [2.75, 3.05) is 13.1 Å². The lowest BCUT2D eigenvalue weighted by atomic mass is 9.95. The van der Waals surface area contributed by atoms with Crippen LogP contribution in [-0.2, 0) is 4.79 Å². The average Bonchev–Trinajstić information content (AvgIpc) is 2.03. The van der Waals surface area contributed by atoms with Gasteiger partial charge in [0.05, 0.1) is 5.60 Å². The van der Waals surface area contributed by atoms with Gasteiger partial charge in [0.2, 0.25) is 5.91 Å². The quantitative estimate of drug-likeness (QED) is 0.614. The predicted molar refractivity (Wildman–Crippen MR) is 51.3 cm³/mol. The standard InChI is InChI=1S/C10H17NO2/c1-3-5-9(12)11-7-4-6-10(2,13)8-11/h3,5,13H,4,6-8H2,1-2H3/b5-3+. The van der Waals surface area contributed by atoms with Crippen LogP contribution < -0.4 is 0 Å². The van der Waals surface area contributed by atoms with Crippen LogP contribution in [0.3, 0.4) is 0 Å². The summed E-state index contributed by atoms with van der Waals surface area (Å²) in [5.74, 6) is 0.00229. The smallest absolute Gasteiger partial charge is 0.246 e. The van der Waals surface area contributed by atoms with Gasteiger partial charge in [0, 0.05) is 13.1 Å². The van der Waals surface area contributed by atoms with Gasteiger partial charge in [-0.05, 0) is 32.8 Å². The summed E-state index contributed by atoms with van der Waals surface area (Å²) in [5, 5.41) is 9.74. The summed E-state index contributed by atoms with van der Waals surface area (Å²) in [6, 6.07) is 0. The van der Waals surface area contributed by atoms with E-state index < -0.39 is 5.60 Å². The molecule has 1 rings (SSSR count). The van der Waals surface area contributed by atoms with Crippen LogP contribution in [0, 0.1) is 0 Å². The number of piperidine rings is 1. The van der Waals surface area contributed by atoms with Gasteiger partial charge < -0.3 is 10.0 Å². The van der Waals surface area contributed by atoms with Crippen molar-refractivity contribution >= 4 is 5.91 Å². The predicted octanol–water partition coefficient (Wildman–Crippen LogP) is 0.936. The Hall–Kier alpha value is -0.830. The Morgan fingerprint density at radius 2 is 2.31 bits per heavy atom. The molecular weight excluding hydrogens is 166 g/mol. The zero-order valence-electron chi connectivity index (χ0n) is 8.29. The fourth-order valence-electron chi connectivity index (χ4n) is 1.66. The van der Waals surface area contributed by atoms with E-state index >= 15 is 0 Å². The van der Waals surface area contributed by atoms with Gasteiger partial charge >= 0.3 is 0 Å². The van der Waals surface area contributed by atoms with Gasteiger partial charge in [-0.2, -0.15) is 0 Å². The summed E-state index contributed by atoms with van der Waals surface area (Å²) in [6.45, 7) is 4.82. The highest BCUT2D eigenvalue weighted by Gasteiger charge is 2.29. The number of rotatable bonds is 1. The molecule has 0 radical (unpaired) electrons. The van der Waals surface area contributed by atoms with Crippen LogP contribution in [-0.4, -0.2) is 34.6 Å². The molecule has 0 bridgehead atoms. The van der Waals surface area contributed by atoms with Crippen LogP contribution in [0.25, 0.3) is 0 Å². The second-order valence-electron chi connectivity index (χ2n) is 3.86. The first-order valence-corrected chi connectivity index (χ1v) is 4.69. The molecule has 0 saturated carbocycles. The summed E-state index contributed by atoms with van der Waals surface area (Å²) in [7, 11) is 0. The highest BCUT2D eigenvalue weighted by Crippen LogP contribution is 2.20. The lowest BCUT2D eigenvalue weighted by molar-refractivity contribution is -0.132. The average molecular weight is 183 g/mol. The number of carbonyl (C=O) groups is 1. The van der Waals surface area contributed by atoms with Gasteiger partial charge in [-0.15, -0.1) is 0 Å². The molecule has 0 aliphatic carbocycles. The molecule has 3 nitrogen and oxygen atoms in total. The number of allylic oxidation sites excluding steroid dienone is 1. The number of hydrogen-bond acceptors (Lipinski definition) is 2. The van der Waals surface area contributed by atoms with Crippen molar-refractivity contribution in [1.82, 2.24) is 4.90 Å². The molecule has 13 heavy (non-hydrogen) atoms. The molecule has 1 aliphatic rings. The molecule has 1 amide bonds. The Morgan fingerprint density at radius 3 is 2.85 bits per heavy atom. The first kappa shape index (κ1) is 10.3. The third-order valence-electron chi connectivity index (χ3n) is 2.30. The van der Waals surface area contributed by atoms with E-state index in [9.17, 15) is 9.90 Å². The highest BCUT2D eigenvalue weighted by atomic mass is 16.3. The Bertz CT molecular complexity index is 221. The lowest BCUT2D eigenvalue weighted by Crippen LogP contribution is -2.48. The number of aliphatic hydroxyl groups is 1. The Kier molecular flexibility index (Phi) is 3.09. The SMILES string of the molecule is C/C=C/C(=O)N1CCCC(C)(O)C1. The van der Waals surface area contributed by atoms with E-state index in [1.165, 1.54) is 0 Å². The maximum Gasteiger partial charge on any atom is 0.246 e. The Balaban J connectivity index is 2.56. The molecule has 0 spiro atoms. The second kappa shape index (κ2) is 3.92. The minimum absolute atomic E-state index is 0.00229. The van der Waals surface area contributed by atoms with Crippen molar-refractivity contribution in [2.24, 2.45) is 0 Å². The van der Waals surface area contributed by atoms with E-state index in [0.29, 0.717) is 6.54 Å². The molecule has 1 fully saturated rings. The van der Waals surface area contributed by atoms with Crippen molar-refractivity contribution in [3.8, 4) is 0 Å². The van der Waals surface area contributed by atoms with Gasteiger partial charge in [-0.3, -0.25) is 4.79 Å². The molecule has 0 aromatic rings. The van der Waals surface area contributed by atoms with Crippen LogP contribution in [0.4, 0.5) is 0 Å². The second-order valence-corrected chi connectivity index (χ2v) is 3.86. The molecule has 1 aliphatic heterocycles. The number of amides is 1. The van der Waals surface area contributed by atoms with E-state index in [4.69, 9.17) is 0 Å². The molecule has 0 aromatic heterocycles. The minimum Gasteiger partial charge on any atom is -0.388 e. The number of hydrogen-bond donors (Lipinski definition) is 1. The molecule has 1 unspecified atom stereocenters. The van der Waals surface area contributed by atoms with Crippen LogP contribution in [0.1, 0.15) is 26.7 Å². The molecule has 0 aromatic carbocycles. The fourth-order valence-corrected chi connectivity index (χ4v) is 1.66. The summed E-state index contributed by atoms with van der Waals surface area (Å²) in [5.41, 5.74) is -0.699. The minimum atomic E-state index is -0.699. The largest absolute Gasteiger partial charge is 0.388 e. The van der Waals surface area contributed by atoms with Gasteiger partial charge in [0.1, 0.15) is 0 Å². The Morgan fingerprint density at radius 1 is 1.62 bits per heavy atom. The van der Waals surface area contributed by atoms with Crippen molar-refractivity contribution in [2.45, 2.75) is 32.3 Å². The van der Waals surface area contributed by atoms with Crippen LogP contribution >= 0.6 is 0 Å². The molecule has 1 N–H and O–H groups in total. The molecule has 1 atom stereocenters. The van der Waals surface area contributed by atoms with Gasteiger partial charge in [0.25, 0.3) is 0 Å². The van der Waals surface area contributed by atoms with E-state index in [0.717, 1.165) is 19.4 Å². The first-order valence-electron chi connectivity index (χ1n) is 4.69. The van der Waals surface area contributed by atoms with Gasteiger partial charge in [0.15, 0.2) is 0 Å². The molecule has 3 heteroatoms. The molecule has 1 saturated heterocycles. The first-order chi connectivity index (χ1) is 6.05. The number of β-amino-alcohol motifs (C(OH)–C–C–N with tert-alkyl or cyclic N) is 1. The van der Waals surface area contributed by atoms with Crippen LogP contribution in [0.5, 0.6) is 0 Å². The third kappa shape index (κ3) is 2.84. The summed E-state index contributed by atoms with van der Waals surface area (Å²) < 4.78 is 0. The number of nitrogens with zero attached hydrogens (tertiary/aromatic N) is 1.